The zero-order chi connectivity index (χ0) is 17.9. The minimum atomic E-state index is -0.354. The molecule has 0 unspecified atom stereocenters. The molecule has 1 aromatic rings. The van der Waals surface area contributed by atoms with Crippen molar-refractivity contribution in [2.45, 2.75) is 47.5 Å². The molecular weight excluding hydrogens is 300 g/mol. The third kappa shape index (κ3) is 3.97. The summed E-state index contributed by atoms with van der Waals surface area (Å²) >= 11 is 0. The number of aryl methyl sites for hydroxylation is 1. The summed E-state index contributed by atoms with van der Waals surface area (Å²) in [5.74, 6) is 0.378. The number of likely N-dealkylation sites (tertiary alicyclic amines) is 1. The van der Waals surface area contributed by atoms with E-state index in [1.54, 1.807) is 0 Å². The lowest BCUT2D eigenvalue weighted by molar-refractivity contribution is -0.142. The maximum atomic E-state index is 13.0. The highest BCUT2D eigenvalue weighted by Crippen LogP contribution is 2.27. The molecule has 4 nitrogen and oxygen atoms in total. The SMILES string of the molecule is CCN(C(=O)C1CCN(C(=O)C(C)(C)C)CC1)c1ccccc1C. The molecule has 0 bridgehead atoms. The van der Waals surface area contributed by atoms with E-state index in [9.17, 15) is 9.59 Å². The average molecular weight is 330 g/mol. The Morgan fingerprint density at radius 3 is 2.25 bits per heavy atom. The Morgan fingerprint density at radius 1 is 1.17 bits per heavy atom. The molecule has 1 saturated heterocycles. The quantitative estimate of drug-likeness (QED) is 0.849. The summed E-state index contributed by atoms with van der Waals surface area (Å²) in [6, 6.07) is 8.02. The first-order valence-electron chi connectivity index (χ1n) is 8.92. The lowest BCUT2D eigenvalue weighted by Gasteiger charge is -2.37. The van der Waals surface area contributed by atoms with Crippen LogP contribution in [0.4, 0.5) is 5.69 Å². The topological polar surface area (TPSA) is 40.6 Å². The van der Waals surface area contributed by atoms with Gasteiger partial charge in [-0.25, -0.2) is 0 Å². The first kappa shape index (κ1) is 18.5. The van der Waals surface area contributed by atoms with Gasteiger partial charge in [0.15, 0.2) is 0 Å². The molecule has 1 fully saturated rings. The van der Waals surface area contributed by atoms with Gasteiger partial charge in [0.2, 0.25) is 11.8 Å². The van der Waals surface area contributed by atoms with Gasteiger partial charge in [-0.15, -0.1) is 0 Å². The number of nitrogens with zero attached hydrogens (tertiary/aromatic N) is 2. The number of carbonyl (C=O) groups is 2. The van der Waals surface area contributed by atoms with Crippen molar-refractivity contribution in [1.82, 2.24) is 4.90 Å². The highest BCUT2D eigenvalue weighted by molar-refractivity contribution is 5.96. The van der Waals surface area contributed by atoms with Crippen molar-refractivity contribution in [3.63, 3.8) is 0 Å². The van der Waals surface area contributed by atoms with Gasteiger partial charge in [0.25, 0.3) is 0 Å². The van der Waals surface area contributed by atoms with Gasteiger partial charge in [0.05, 0.1) is 0 Å². The standard InChI is InChI=1S/C20H30N2O2/c1-6-22(17-10-8-7-9-15(17)2)18(23)16-11-13-21(14-12-16)19(24)20(3,4)5/h7-10,16H,6,11-14H2,1-5H3. The van der Waals surface area contributed by atoms with Crippen LogP contribution >= 0.6 is 0 Å². The van der Waals surface area contributed by atoms with Crippen molar-refractivity contribution in [2.24, 2.45) is 11.3 Å². The molecule has 1 aliphatic heterocycles. The van der Waals surface area contributed by atoms with Crippen LogP contribution in [0.25, 0.3) is 0 Å². The highest BCUT2D eigenvalue weighted by atomic mass is 16.2. The van der Waals surface area contributed by atoms with Crippen molar-refractivity contribution in [3.8, 4) is 0 Å². The molecule has 0 atom stereocenters. The molecule has 1 aromatic carbocycles. The van der Waals surface area contributed by atoms with Crippen LogP contribution in [-0.2, 0) is 9.59 Å². The fourth-order valence-electron chi connectivity index (χ4n) is 3.34. The first-order chi connectivity index (χ1) is 11.3. The summed E-state index contributed by atoms with van der Waals surface area (Å²) in [5.41, 5.74) is 1.76. The number of para-hydroxylation sites is 1. The number of piperidine rings is 1. The molecular formula is C20H30N2O2. The summed E-state index contributed by atoms with van der Waals surface area (Å²) < 4.78 is 0. The minimum absolute atomic E-state index is 0.00794. The number of rotatable bonds is 3. The Labute approximate surface area is 145 Å². The van der Waals surface area contributed by atoms with Crippen molar-refractivity contribution >= 4 is 17.5 Å². The van der Waals surface area contributed by atoms with Crippen LogP contribution in [0, 0.1) is 18.3 Å². The van der Waals surface area contributed by atoms with Crippen molar-refractivity contribution in [3.05, 3.63) is 29.8 Å². The smallest absolute Gasteiger partial charge is 0.230 e. The molecule has 0 spiro atoms. The van der Waals surface area contributed by atoms with E-state index < -0.39 is 0 Å². The second-order valence-electron chi connectivity index (χ2n) is 7.69. The van der Waals surface area contributed by atoms with Gasteiger partial charge < -0.3 is 9.80 Å². The zero-order valence-corrected chi connectivity index (χ0v) is 15.6. The molecule has 2 amide bonds. The van der Waals surface area contributed by atoms with E-state index in [-0.39, 0.29) is 23.1 Å². The fourth-order valence-corrected chi connectivity index (χ4v) is 3.34. The Bertz CT molecular complexity index is 596. The predicted molar refractivity (Wildman–Crippen MR) is 98.0 cm³/mol. The summed E-state index contributed by atoms with van der Waals surface area (Å²) in [5, 5.41) is 0. The fraction of sp³-hybridized carbons (Fsp3) is 0.600. The second-order valence-corrected chi connectivity index (χ2v) is 7.69. The molecule has 0 radical (unpaired) electrons. The molecule has 1 aliphatic rings. The van der Waals surface area contributed by atoms with E-state index in [2.05, 4.69) is 0 Å². The van der Waals surface area contributed by atoms with E-state index in [1.807, 2.05) is 68.7 Å². The summed E-state index contributed by atoms with van der Waals surface area (Å²) in [4.78, 5) is 29.2. The third-order valence-electron chi connectivity index (χ3n) is 4.76. The molecule has 4 heteroatoms. The van der Waals surface area contributed by atoms with Gasteiger partial charge in [-0.05, 0) is 38.3 Å². The van der Waals surface area contributed by atoms with Crippen LogP contribution in [0.2, 0.25) is 0 Å². The van der Waals surface area contributed by atoms with Gasteiger partial charge in [-0.2, -0.15) is 0 Å². The Morgan fingerprint density at radius 2 is 1.75 bits per heavy atom. The Hall–Kier alpha value is -1.84. The number of anilines is 1. The molecule has 2 rings (SSSR count). The van der Waals surface area contributed by atoms with E-state index in [0.29, 0.717) is 19.6 Å². The molecule has 0 N–H and O–H groups in total. The third-order valence-corrected chi connectivity index (χ3v) is 4.76. The van der Waals surface area contributed by atoms with Crippen LogP contribution < -0.4 is 4.90 Å². The van der Waals surface area contributed by atoms with Crippen LogP contribution in [0.3, 0.4) is 0 Å². The lowest BCUT2D eigenvalue weighted by atomic mass is 9.90. The average Bonchev–Trinajstić information content (AvgIpc) is 2.55. The zero-order valence-electron chi connectivity index (χ0n) is 15.6. The molecule has 0 aromatic heterocycles. The van der Waals surface area contributed by atoms with E-state index >= 15 is 0 Å². The Balaban J connectivity index is 2.04. The van der Waals surface area contributed by atoms with Crippen LogP contribution in [0.5, 0.6) is 0 Å². The number of hydrogen-bond acceptors (Lipinski definition) is 2. The minimum Gasteiger partial charge on any atom is -0.342 e. The summed E-state index contributed by atoms with van der Waals surface area (Å²) in [7, 11) is 0. The molecule has 132 valence electrons. The maximum absolute atomic E-state index is 13.0. The monoisotopic (exact) mass is 330 g/mol. The number of benzene rings is 1. The van der Waals surface area contributed by atoms with Crippen LogP contribution in [-0.4, -0.2) is 36.3 Å². The number of amides is 2. The van der Waals surface area contributed by atoms with Crippen molar-refractivity contribution < 1.29 is 9.59 Å². The van der Waals surface area contributed by atoms with Gasteiger partial charge in [-0.1, -0.05) is 39.0 Å². The molecule has 0 aliphatic carbocycles. The van der Waals surface area contributed by atoms with E-state index in [1.165, 1.54) is 0 Å². The van der Waals surface area contributed by atoms with Gasteiger partial charge in [0, 0.05) is 36.7 Å². The maximum Gasteiger partial charge on any atom is 0.230 e. The predicted octanol–water partition coefficient (Wildman–Crippen LogP) is 3.63. The lowest BCUT2D eigenvalue weighted by Crippen LogP contribution is -2.47. The van der Waals surface area contributed by atoms with Gasteiger partial charge >= 0.3 is 0 Å². The van der Waals surface area contributed by atoms with E-state index in [4.69, 9.17) is 0 Å². The molecule has 24 heavy (non-hydrogen) atoms. The first-order valence-corrected chi connectivity index (χ1v) is 8.92. The molecule has 0 saturated carbocycles. The van der Waals surface area contributed by atoms with Gasteiger partial charge in [0.1, 0.15) is 0 Å². The number of hydrogen-bond donors (Lipinski definition) is 0. The second kappa shape index (κ2) is 7.37. The van der Waals surface area contributed by atoms with Crippen LogP contribution in [0.15, 0.2) is 24.3 Å². The van der Waals surface area contributed by atoms with Gasteiger partial charge in [-0.3, -0.25) is 9.59 Å². The van der Waals surface area contributed by atoms with E-state index in [0.717, 1.165) is 24.1 Å². The largest absolute Gasteiger partial charge is 0.342 e. The highest BCUT2D eigenvalue weighted by Gasteiger charge is 2.34. The molecule has 1 heterocycles. The summed E-state index contributed by atoms with van der Waals surface area (Å²) in [6.07, 6.45) is 1.51. The normalized spacial score (nSPS) is 16.1. The number of carbonyl (C=O) groups excluding carboxylic acids is 2. The Kier molecular flexibility index (Phi) is 5.68. The van der Waals surface area contributed by atoms with Crippen molar-refractivity contribution in [1.29, 1.82) is 0 Å². The van der Waals surface area contributed by atoms with Crippen molar-refractivity contribution in [2.75, 3.05) is 24.5 Å². The summed E-state index contributed by atoms with van der Waals surface area (Å²) in [6.45, 7) is 11.9. The van der Waals surface area contributed by atoms with Crippen LogP contribution in [0.1, 0.15) is 46.1 Å².